The third kappa shape index (κ3) is 2.11. The van der Waals surface area contributed by atoms with Gasteiger partial charge in [0, 0.05) is 30.0 Å². The SMILES string of the molecule is [2H]C1(C)C2=C(C)N(c3ccccc3C)C(C3CCCC3)N2c2ccccc21. The van der Waals surface area contributed by atoms with Crippen LogP contribution in [0, 0.1) is 12.8 Å². The van der Waals surface area contributed by atoms with Crippen molar-refractivity contribution >= 4 is 11.4 Å². The summed E-state index contributed by atoms with van der Waals surface area (Å²) in [4.78, 5) is 5.06. The molecule has 2 heteroatoms. The summed E-state index contributed by atoms with van der Waals surface area (Å²) in [5, 5.41) is 0. The van der Waals surface area contributed by atoms with E-state index in [2.05, 4.69) is 79.1 Å². The highest BCUT2D eigenvalue weighted by Gasteiger charge is 2.48. The molecule has 0 amide bonds. The van der Waals surface area contributed by atoms with Crippen molar-refractivity contribution in [2.75, 3.05) is 9.80 Å². The zero-order valence-electron chi connectivity index (χ0n) is 17.0. The topological polar surface area (TPSA) is 6.48 Å². The van der Waals surface area contributed by atoms with E-state index >= 15 is 0 Å². The second kappa shape index (κ2) is 5.90. The van der Waals surface area contributed by atoms with E-state index in [1.165, 1.54) is 54.0 Å². The van der Waals surface area contributed by atoms with Crippen molar-refractivity contribution < 1.29 is 1.37 Å². The van der Waals surface area contributed by atoms with E-state index in [9.17, 15) is 1.37 Å². The number of aryl methyl sites for hydroxylation is 1. The van der Waals surface area contributed by atoms with Gasteiger partial charge in [-0.05, 0) is 55.9 Å². The number of para-hydroxylation sites is 2. The molecular weight excluding hydrogens is 316 g/mol. The summed E-state index contributed by atoms with van der Waals surface area (Å²) in [5.74, 6) is -0.0615. The van der Waals surface area contributed by atoms with E-state index in [-0.39, 0.29) is 6.17 Å². The highest BCUT2D eigenvalue weighted by Crippen LogP contribution is 2.54. The van der Waals surface area contributed by atoms with Crippen molar-refractivity contribution in [3.05, 3.63) is 71.1 Å². The van der Waals surface area contributed by atoms with Gasteiger partial charge in [0.1, 0.15) is 6.17 Å². The number of hydrogen-bond donors (Lipinski definition) is 0. The fourth-order valence-electron chi connectivity index (χ4n) is 5.41. The first-order valence-corrected chi connectivity index (χ1v) is 9.97. The molecule has 0 spiro atoms. The minimum absolute atomic E-state index is 0.289. The fourth-order valence-corrected chi connectivity index (χ4v) is 5.41. The first-order valence-electron chi connectivity index (χ1n) is 10.5. The summed E-state index contributed by atoms with van der Waals surface area (Å²) in [6.07, 6.45) is 5.49. The van der Waals surface area contributed by atoms with Crippen molar-refractivity contribution in [1.82, 2.24) is 0 Å². The van der Waals surface area contributed by atoms with Gasteiger partial charge >= 0.3 is 0 Å². The molecule has 2 atom stereocenters. The molecule has 134 valence electrons. The van der Waals surface area contributed by atoms with E-state index in [0.717, 1.165) is 5.56 Å². The highest BCUT2D eigenvalue weighted by molar-refractivity contribution is 5.76. The van der Waals surface area contributed by atoms with Gasteiger partial charge in [0.2, 0.25) is 0 Å². The summed E-state index contributed by atoms with van der Waals surface area (Å²) in [7, 11) is 0. The van der Waals surface area contributed by atoms with Crippen LogP contribution >= 0.6 is 0 Å². The quantitative estimate of drug-likeness (QED) is 0.640. The van der Waals surface area contributed by atoms with Crippen LogP contribution in [-0.4, -0.2) is 6.17 Å². The molecule has 0 radical (unpaired) electrons. The lowest BCUT2D eigenvalue weighted by Crippen LogP contribution is -2.45. The maximum absolute atomic E-state index is 9.27. The lowest BCUT2D eigenvalue weighted by Gasteiger charge is -2.38. The van der Waals surface area contributed by atoms with Gasteiger partial charge in [0.25, 0.3) is 0 Å². The summed E-state index contributed by atoms with van der Waals surface area (Å²) in [5.41, 5.74) is 7.39. The molecule has 3 aliphatic rings. The average molecular weight is 346 g/mol. The molecule has 0 N–H and O–H groups in total. The summed E-state index contributed by atoms with van der Waals surface area (Å²) in [6.45, 7) is 6.50. The Labute approximate surface area is 158 Å². The first-order chi connectivity index (χ1) is 13.0. The largest absolute Gasteiger partial charge is 0.322 e. The predicted molar refractivity (Wildman–Crippen MR) is 109 cm³/mol. The van der Waals surface area contributed by atoms with Gasteiger partial charge in [-0.2, -0.15) is 0 Å². The molecule has 0 bridgehead atoms. The number of nitrogens with zero attached hydrogens (tertiary/aromatic N) is 2. The molecule has 2 aromatic carbocycles. The second-order valence-electron chi connectivity index (χ2n) is 8.06. The van der Waals surface area contributed by atoms with Gasteiger partial charge < -0.3 is 9.80 Å². The minimum Gasteiger partial charge on any atom is -0.322 e. The Hall–Kier alpha value is -2.22. The molecule has 2 aromatic rings. The number of hydrogen-bond acceptors (Lipinski definition) is 2. The fraction of sp³-hybridized carbons (Fsp3) is 0.417. The molecule has 1 saturated carbocycles. The number of allylic oxidation sites excluding steroid dienone is 2. The zero-order valence-corrected chi connectivity index (χ0v) is 16.0. The van der Waals surface area contributed by atoms with Crippen LogP contribution in [-0.2, 0) is 0 Å². The van der Waals surface area contributed by atoms with E-state index in [4.69, 9.17) is 0 Å². The van der Waals surface area contributed by atoms with Crippen LogP contribution in [0.15, 0.2) is 59.9 Å². The third-order valence-electron chi connectivity index (χ3n) is 6.59. The molecule has 2 aliphatic heterocycles. The highest BCUT2D eigenvalue weighted by atomic mass is 15.4. The number of fused-ring (bicyclic) bond motifs is 3. The first kappa shape index (κ1) is 14.9. The molecule has 0 aromatic heterocycles. The molecule has 2 nitrogen and oxygen atoms in total. The molecule has 2 unspecified atom stereocenters. The van der Waals surface area contributed by atoms with Gasteiger partial charge in [-0.25, -0.2) is 0 Å². The second-order valence-corrected chi connectivity index (χ2v) is 8.06. The van der Waals surface area contributed by atoms with Crippen LogP contribution in [0.4, 0.5) is 11.4 Å². The lowest BCUT2D eigenvalue weighted by atomic mass is 9.98. The Kier molecular flexibility index (Phi) is 3.38. The van der Waals surface area contributed by atoms with Crippen LogP contribution in [0.3, 0.4) is 0 Å². The molecule has 26 heavy (non-hydrogen) atoms. The van der Waals surface area contributed by atoms with E-state index < -0.39 is 5.89 Å². The Morgan fingerprint density at radius 1 is 0.885 bits per heavy atom. The van der Waals surface area contributed by atoms with Gasteiger partial charge in [0.15, 0.2) is 0 Å². The number of benzene rings is 2. The molecule has 5 rings (SSSR count). The van der Waals surface area contributed by atoms with E-state index in [1.807, 2.05) is 0 Å². The lowest BCUT2D eigenvalue weighted by molar-refractivity contribution is 0.433. The van der Waals surface area contributed by atoms with Crippen molar-refractivity contribution in [3.8, 4) is 0 Å². The minimum atomic E-state index is -0.699. The van der Waals surface area contributed by atoms with E-state index in [1.54, 1.807) is 0 Å². The van der Waals surface area contributed by atoms with Crippen molar-refractivity contribution in [2.45, 2.75) is 58.5 Å². The smallest absolute Gasteiger partial charge is 0.113 e. The molecule has 1 fully saturated rings. The number of rotatable bonds is 2. The Bertz CT molecular complexity index is 923. The molecule has 0 saturated heterocycles. The van der Waals surface area contributed by atoms with Crippen LogP contribution in [0.25, 0.3) is 0 Å². The summed E-state index contributed by atoms with van der Waals surface area (Å²) in [6, 6.07) is 17.3. The Balaban J connectivity index is 1.74. The monoisotopic (exact) mass is 345 g/mol. The van der Waals surface area contributed by atoms with Gasteiger partial charge in [0.05, 0.1) is 0 Å². The van der Waals surface area contributed by atoms with Crippen LogP contribution in [0.5, 0.6) is 0 Å². The molecule has 2 heterocycles. The van der Waals surface area contributed by atoms with Crippen molar-refractivity contribution in [2.24, 2.45) is 5.92 Å². The van der Waals surface area contributed by atoms with Crippen LogP contribution in [0.1, 0.15) is 57.9 Å². The number of anilines is 2. The van der Waals surface area contributed by atoms with Crippen LogP contribution < -0.4 is 9.80 Å². The molecular formula is C24H28N2. The van der Waals surface area contributed by atoms with Gasteiger partial charge in [-0.3, -0.25) is 0 Å². The zero-order chi connectivity index (χ0) is 18.8. The maximum Gasteiger partial charge on any atom is 0.113 e. The van der Waals surface area contributed by atoms with E-state index in [0.29, 0.717) is 5.92 Å². The summed E-state index contributed by atoms with van der Waals surface area (Å²) >= 11 is 0. The molecule has 1 aliphatic carbocycles. The Morgan fingerprint density at radius 2 is 1.54 bits per heavy atom. The third-order valence-corrected chi connectivity index (χ3v) is 6.59. The summed E-state index contributed by atoms with van der Waals surface area (Å²) < 4.78 is 9.27. The predicted octanol–water partition coefficient (Wildman–Crippen LogP) is 6.19. The maximum atomic E-state index is 9.27. The average Bonchev–Trinajstić information content (AvgIpc) is 3.33. The Morgan fingerprint density at radius 3 is 2.27 bits per heavy atom. The van der Waals surface area contributed by atoms with Gasteiger partial charge in [-0.15, -0.1) is 0 Å². The van der Waals surface area contributed by atoms with Crippen LogP contribution in [0.2, 0.25) is 0 Å². The van der Waals surface area contributed by atoms with Crippen molar-refractivity contribution in [1.29, 1.82) is 0 Å². The normalized spacial score (nSPS) is 28.6. The van der Waals surface area contributed by atoms with Crippen molar-refractivity contribution in [3.63, 3.8) is 0 Å². The standard InChI is InChI=1S/C24H28N2/c1-16-10-4-8-14-21(16)25-18(3)23-17(2)20-13-7-9-15-22(20)26(23)24(25)19-11-5-6-12-19/h4,7-10,13-15,17,19,24H,5-6,11-12H2,1-3H3/i17D. The van der Waals surface area contributed by atoms with Gasteiger partial charge in [-0.1, -0.05) is 56.2 Å².